The van der Waals surface area contributed by atoms with E-state index in [1.807, 2.05) is 0 Å². The zero-order chi connectivity index (χ0) is 32.1. The maximum Gasteiger partial charge on any atom is 0.0612 e. The molecule has 3 saturated carbocycles. The van der Waals surface area contributed by atoms with E-state index >= 15 is 0 Å². The molecule has 0 aliphatic heterocycles. The van der Waals surface area contributed by atoms with Crippen LogP contribution in [0.15, 0.2) is 11.6 Å². The minimum absolute atomic E-state index is 0.458. The maximum absolute atomic E-state index is 6.56. The predicted octanol–water partition coefficient (Wildman–Crippen LogP) is 14.3. The van der Waals surface area contributed by atoms with Crippen molar-refractivity contribution in [1.82, 2.24) is 0 Å². The van der Waals surface area contributed by atoms with Crippen molar-refractivity contribution in [3.05, 3.63) is 11.6 Å². The summed E-state index contributed by atoms with van der Waals surface area (Å²) in [5.41, 5.74) is 2.87. The second-order valence-electron chi connectivity index (χ2n) is 18.0. The summed E-state index contributed by atoms with van der Waals surface area (Å²) in [6, 6.07) is 0. The highest BCUT2D eigenvalue weighted by Gasteiger charge is 2.59. The van der Waals surface area contributed by atoms with Crippen molar-refractivity contribution in [2.75, 3.05) is 6.61 Å². The van der Waals surface area contributed by atoms with Gasteiger partial charge in [-0.05, 0) is 104 Å². The molecule has 3 fully saturated rings. The van der Waals surface area contributed by atoms with Crippen LogP contribution in [0.1, 0.15) is 208 Å². The van der Waals surface area contributed by atoms with E-state index < -0.39 is 0 Å². The fraction of sp³-hybridized carbons (Fsp3) is 0.955. The average molecular weight is 625 g/mol. The smallest absolute Gasteiger partial charge is 0.0612 e. The molecule has 0 saturated heterocycles. The van der Waals surface area contributed by atoms with E-state index in [1.165, 1.54) is 167 Å². The van der Waals surface area contributed by atoms with Gasteiger partial charge in [-0.15, -0.1) is 0 Å². The Morgan fingerprint density at radius 3 is 1.93 bits per heavy atom. The molecule has 0 N–H and O–H groups in total. The topological polar surface area (TPSA) is 9.23 Å². The fourth-order valence-corrected chi connectivity index (χ4v) is 11.5. The summed E-state index contributed by atoms with van der Waals surface area (Å²) >= 11 is 0. The van der Waals surface area contributed by atoms with Crippen LogP contribution in [0.25, 0.3) is 0 Å². The molecular formula is C44H80O. The van der Waals surface area contributed by atoms with Gasteiger partial charge in [-0.1, -0.05) is 162 Å². The van der Waals surface area contributed by atoms with Crippen LogP contribution in [-0.2, 0) is 4.74 Å². The third kappa shape index (κ3) is 10.3. The Labute approximate surface area is 283 Å². The molecule has 0 aromatic rings. The quantitative estimate of drug-likeness (QED) is 0.0860. The zero-order valence-corrected chi connectivity index (χ0v) is 31.6. The molecule has 0 heterocycles. The van der Waals surface area contributed by atoms with Crippen molar-refractivity contribution in [2.24, 2.45) is 46.3 Å². The molecule has 4 aliphatic rings. The van der Waals surface area contributed by atoms with Crippen LogP contribution in [0, 0.1) is 46.3 Å². The van der Waals surface area contributed by atoms with Crippen molar-refractivity contribution >= 4 is 0 Å². The number of ether oxygens (including phenoxy) is 1. The molecule has 0 amide bonds. The van der Waals surface area contributed by atoms with Crippen LogP contribution in [0.4, 0.5) is 0 Å². The molecule has 0 spiro atoms. The first-order valence-electron chi connectivity index (χ1n) is 21.1. The van der Waals surface area contributed by atoms with Gasteiger partial charge in [0.05, 0.1) is 6.10 Å². The van der Waals surface area contributed by atoms with Gasteiger partial charge >= 0.3 is 0 Å². The van der Waals surface area contributed by atoms with Crippen molar-refractivity contribution < 1.29 is 4.74 Å². The number of hydrogen-bond acceptors (Lipinski definition) is 1. The van der Waals surface area contributed by atoms with Gasteiger partial charge in [-0.25, -0.2) is 0 Å². The van der Waals surface area contributed by atoms with Gasteiger partial charge in [0.25, 0.3) is 0 Å². The summed E-state index contributed by atoms with van der Waals surface area (Å²) in [6.07, 6.45) is 40.3. The molecule has 262 valence electrons. The van der Waals surface area contributed by atoms with Crippen LogP contribution in [0.5, 0.6) is 0 Å². The largest absolute Gasteiger partial charge is 0.378 e. The van der Waals surface area contributed by atoms with Crippen molar-refractivity contribution in [2.45, 2.75) is 215 Å². The molecular weight excluding hydrogens is 544 g/mol. The highest BCUT2D eigenvalue weighted by molar-refractivity contribution is 5.25. The normalized spacial score (nSPS) is 33.5. The van der Waals surface area contributed by atoms with Gasteiger partial charge < -0.3 is 4.74 Å². The predicted molar refractivity (Wildman–Crippen MR) is 198 cm³/mol. The van der Waals surface area contributed by atoms with E-state index in [4.69, 9.17) is 4.74 Å². The monoisotopic (exact) mass is 625 g/mol. The third-order valence-corrected chi connectivity index (χ3v) is 14.4. The van der Waals surface area contributed by atoms with Gasteiger partial charge in [0.1, 0.15) is 0 Å². The molecule has 8 atom stereocenters. The number of allylic oxidation sites excluding steroid dienone is 1. The minimum Gasteiger partial charge on any atom is -0.378 e. The molecule has 45 heavy (non-hydrogen) atoms. The van der Waals surface area contributed by atoms with E-state index in [9.17, 15) is 0 Å². The van der Waals surface area contributed by atoms with E-state index in [2.05, 4.69) is 47.6 Å². The first kappa shape index (κ1) is 37.5. The van der Waals surface area contributed by atoms with E-state index in [-0.39, 0.29) is 0 Å². The highest BCUT2D eigenvalue weighted by atomic mass is 16.5. The Morgan fingerprint density at radius 1 is 0.689 bits per heavy atom. The summed E-state index contributed by atoms with van der Waals surface area (Å²) < 4.78 is 6.56. The lowest BCUT2D eigenvalue weighted by molar-refractivity contribution is -0.0641. The van der Waals surface area contributed by atoms with Crippen molar-refractivity contribution in [1.29, 1.82) is 0 Å². The highest BCUT2D eigenvalue weighted by Crippen LogP contribution is 2.67. The minimum atomic E-state index is 0.458. The summed E-state index contributed by atoms with van der Waals surface area (Å²) in [6.45, 7) is 16.1. The second kappa shape index (κ2) is 19.0. The number of fused-ring (bicyclic) bond motifs is 5. The van der Waals surface area contributed by atoms with Crippen LogP contribution in [0.2, 0.25) is 0 Å². The Balaban J connectivity index is 1.09. The average Bonchev–Trinajstić information content (AvgIpc) is 3.38. The molecule has 1 nitrogen and oxygen atoms in total. The lowest BCUT2D eigenvalue weighted by Crippen LogP contribution is -2.51. The summed E-state index contributed by atoms with van der Waals surface area (Å²) in [5, 5.41) is 0. The Morgan fingerprint density at radius 2 is 1.31 bits per heavy atom. The molecule has 0 aromatic carbocycles. The van der Waals surface area contributed by atoms with Crippen LogP contribution < -0.4 is 0 Å². The van der Waals surface area contributed by atoms with Gasteiger partial charge in [0, 0.05) is 6.61 Å². The standard InChI is InChI=1S/C44H80O/c1-7-8-9-10-11-12-13-14-15-16-17-18-19-20-21-33-45-38-29-31-43(5)37(34-38)25-26-39-41-28-27-40(36(4)24-22-23-35(2)3)44(41,6)32-30-42(39)43/h25,35-36,38-42H,7-24,26-34H2,1-6H3/t36?,38-,39?,40?,41?,42?,43?,44?/m0/s1. The van der Waals surface area contributed by atoms with Gasteiger partial charge in [0.2, 0.25) is 0 Å². The summed E-state index contributed by atoms with van der Waals surface area (Å²) in [4.78, 5) is 0. The van der Waals surface area contributed by atoms with E-state index in [0.717, 1.165) is 42.1 Å². The van der Waals surface area contributed by atoms with Crippen molar-refractivity contribution in [3.8, 4) is 0 Å². The molecule has 1 heteroatoms. The van der Waals surface area contributed by atoms with Crippen LogP contribution in [0.3, 0.4) is 0 Å². The van der Waals surface area contributed by atoms with Crippen LogP contribution >= 0.6 is 0 Å². The van der Waals surface area contributed by atoms with Crippen molar-refractivity contribution in [3.63, 3.8) is 0 Å². The summed E-state index contributed by atoms with van der Waals surface area (Å²) in [5.74, 6) is 5.60. The zero-order valence-electron chi connectivity index (χ0n) is 31.6. The maximum atomic E-state index is 6.56. The first-order valence-corrected chi connectivity index (χ1v) is 21.1. The SMILES string of the molecule is CCCCCCCCCCCCCCCCCO[C@H]1CCC2(C)C(=CCC3C2CCC2(C)C(C(C)CCCC(C)C)CCC32)C1. The first-order chi connectivity index (χ1) is 21.8. The number of hydrogen-bond donors (Lipinski definition) is 0. The third-order valence-electron chi connectivity index (χ3n) is 14.4. The lowest BCUT2D eigenvalue weighted by atomic mass is 9.47. The molecule has 7 unspecified atom stereocenters. The molecule has 0 radical (unpaired) electrons. The summed E-state index contributed by atoms with van der Waals surface area (Å²) in [7, 11) is 0. The van der Waals surface area contributed by atoms with E-state index in [0.29, 0.717) is 16.9 Å². The lowest BCUT2D eigenvalue weighted by Gasteiger charge is -2.58. The number of rotatable bonds is 22. The molecule has 4 rings (SSSR count). The fourth-order valence-electron chi connectivity index (χ4n) is 11.5. The van der Waals surface area contributed by atoms with Crippen LogP contribution in [-0.4, -0.2) is 12.7 Å². The van der Waals surface area contributed by atoms with Gasteiger partial charge in [-0.2, -0.15) is 0 Å². The molecule has 0 bridgehead atoms. The molecule has 4 aliphatic carbocycles. The Kier molecular flexibility index (Phi) is 15.9. The van der Waals surface area contributed by atoms with Gasteiger partial charge in [0.15, 0.2) is 0 Å². The Hall–Kier alpha value is -0.300. The second-order valence-corrected chi connectivity index (χ2v) is 18.0. The van der Waals surface area contributed by atoms with Gasteiger partial charge in [-0.3, -0.25) is 0 Å². The van der Waals surface area contributed by atoms with E-state index in [1.54, 1.807) is 5.57 Å². The number of unbranched alkanes of at least 4 members (excludes halogenated alkanes) is 14. The Bertz CT molecular complexity index is 842. The molecule has 0 aromatic heterocycles.